The van der Waals surface area contributed by atoms with E-state index in [1.165, 1.54) is 34.4 Å². The van der Waals surface area contributed by atoms with Gasteiger partial charge >= 0.3 is 0 Å². The minimum absolute atomic E-state index is 0.888. The van der Waals surface area contributed by atoms with Gasteiger partial charge in [-0.1, -0.05) is 0 Å². The first-order valence-corrected chi connectivity index (χ1v) is 6.43. The summed E-state index contributed by atoms with van der Waals surface area (Å²) < 4.78 is 5.08. The van der Waals surface area contributed by atoms with Gasteiger partial charge in [0.05, 0.1) is 39.4 Å². The van der Waals surface area contributed by atoms with Crippen LogP contribution >= 0.6 is 11.8 Å². The van der Waals surface area contributed by atoms with Crippen molar-refractivity contribution in [2.24, 2.45) is 0 Å². The van der Waals surface area contributed by atoms with E-state index in [1.54, 1.807) is 0 Å². The van der Waals surface area contributed by atoms with Crippen LogP contribution in [0.25, 0.3) is 0 Å². The molecule has 2 fully saturated rings. The summed E-state index contributed by atoms with van der Waals surface area (Å²) in [6.45, 7) is 6.42. The number of thioether (sulfide) groups is 1. The van der Waals surface area contributed by atoms with Gasteiger partial charge in [-0.05, 0) is 0 Å². The average Bonchev–Trinajstić information content (AvgIpc) is 2.21. The molecule has 2 saturated heterocycles. The van der Waals surface area contributed by atoms with Crippen molar-refractivity contribution in [2.45, 2.75) is 0 Å². The molecule has 2 aliphatic rings. The highest BCUT2D eigenvalue weighted by Gasteiger charge is 2.02. The van der Waals surface area contributed by atoms with Crippen LogP contribution < -0.4 is 9.80 Å². The molecule has 0 radical (unpaired) electrons. The number of hydrogen-bond acceptors (Lipinski definition) is 2. The summed E-state index contributed by atoms with van der Waals surface area (Å²) in [5.41, 5.74) is 0. The minimum atomic E-state index is 0.888. The number of ether oxygens (including phenoxy) is 1. The van der Waals surface area contributed by atoms with E-state index in [0.29, 0.717) is 0 Å². The summed E-state index contributed by atoms with van der Waals surface area (Å²) in [6.07, 6.45) is 0. The molecule has 0 aliphatic carbocycles. The Kier molecular flexibility index (Phi) is 6.60. The zero-order valence-electron chi connectivity index (χ0n) is 8.89. The molecule has 84 valence electrons. The highest BCUT2D eigenvalue weighted by atomic mass is 32.2. The summed E-state index contributed by atoms with van der Waals surface area (Å²) >= 11 is 2.04. The Hall–Kier alpha value is 0.230. The molecule has 0 bridgehead atoms. The Morgan fingerprint density at radius 3 is 1.64 bits per heavy atom. The largest absolute Gasteiger partial charge is 0.466 e. The van der Waals surface area contributed by atoms with Gasteiger partial charge in [-0.2, -0.15) is 25.9 Å². The summed E-state index contributed by atoms with van der Waals surface area (Å²) in [5, 5.41) is 0. The summed E-state index contributed by atoms with van der Waals surface area (Å²) in [6, 6.07) is 0. The van der Waals surface area contributed by atoms with Crippen LogP contribution in [0.3, 0.4) is 0 Å². The first kappa shape index (κ1) is 12.3. The van der Waals surface area contributed by atoms with Crippen molar-refractivity contribution in [3.63, 3.8) is 0 Å². The van der Waals surface area contributed by atoms with Crippen LogP contribution in [0, 0.1) is 14.1 Å². The number of nitrogens with one attached hydrogen (secondary N) is 2. The van der Waals surface area contributed by atoms with Gasteiger partial charge in [0.15, 0.2) is 0 Å². The van der Waals surface area contributed by atoms with E-state index in [2.05, 4.69) is 14.1 Å². The second-order valence-electron chi connectivity index (χ2n) is 3.72. The van der Waals surface area contributed by atoms with Gasteiger partial charge in [0, 0.05) is 11.5 Å². The fraction of sp³-hybridized carbons (Fsp3) is 0.800. The maximum Gasteiger partial charge on any atom is 0.0938 e. The molecule has 0 spiro atoms. The van der Waals surface area contributed by atoms with Crippen LogP contribution in [0.5, 0.6) is 0 Å². The molecule has 0 saturated carbocycles. The van der Waals surface area contributed by atoms with Crippen molar-refractivity contribution >= 4 is 11.8 Å². The van der Waals surface area contributed by atoms with E-state index >= 15 is 0 Å². The number of hydrogen-bond donors (Lipinski definition) is 2. The maximum absolute atomic E-state index is 5.08. The lowest BCUT2D eigenvalue weighted by atomic mass is 10.5. The summed E-state index contributed by atoms with van der Waals surface area (Å²) in [7, 11) is 7.74. The van der Waals surface area contributed by atoms with Gasteiger partial charge in [0.1, 0.15) is 0 Å². The van der Waals surface area contributed by atoms with Gasteiger partial charge in [-0.15, -0.1) is 0 Å². The molecule has 0 unspecified atom stereocenters. The van der Waals surface area contributed by atoms with Crippen molar-refractivity contribution < 1.29 is 14.5 Å². The van der Waals surface area contributed by atoms with Crippen molar-refractivity contribution in [3.05, 3.63) is 14.1 Å². The summed E-state index contributed by atoms with van der Waals surface area (Å²) in [4.78, 5) is 2.78. The van der Waals surface area contributed by atoms with Crippen LogP contribution in [0.2, 0.25) is 0 Å². The standard InChI is InChI=1S/C5H11NO.C5H11NS/c2*1-6-2-4-7-5-3-6/h2*6H,1-5H2. The minimum Gasteiger partial charge on any atom is -0.466 e. The zero-order chi connectivity index (χ0) is 10.2. The van der Waals surface area contributed by atoms with Crippen LogP contribution in [-0.2, 0) is 4.74 Å². The fourth-order valence-corrected chi connectivity index (χ4v) is 2.39. The Morgan fingerprint density at radius 2 is 1.36 bits per heavy atom. The number of rotatable bonds is 0. The van der Waals surface area contributed by atoms with Gasteiger partial charge in [0.25, 0.3) is 0 Å². The quantitative estimate of drug-likeness (QED) is 0.463. The van der Waals surface area contributed by atoms with Crippen molar-refractivity contribution in [1.29, 1.82) is 0 Å². The molecule has 0 aromatic rings. The molecule has 2 rings (SSSR count). The fourth-order valence-electron chi connectivity index (χ4n) is 1.32. The highest BCUT2D eigenvalue weighted by molar-refractivity contribution is 7.99. The maximum atomic E-state index is 5.08. The number of quaternary nitrogens is 2. The smallest absolute Gasteiger partial charge is 0.0938 e. The van der Waals surface area contributed by atoms with E-state index in [0.717, 1.165) is 26.3 Å². The lowest BCUT2D eigenvalue weighted by Gasteiger charge is -2.24. The molecule has 0 amide bonds. The summed E-state index contributed by atoms with van der Waals surface area (Å²) in [5.74, 6) is 2.61. The third-order valence-electron chi connectivity index (χ3n) is 2.40. The predicted octanol–water partition coefficient (Wildman–Crippen LogP) is -1.90. The van der Waals surface area contributed by atoms with Crippen LogP contribution in [0.15, 0.2) is 0 Å². The third-order valence-corrected chi connectivity index (χ3v) is 3.39. The monoisotopic (exact) mass is 218 g/mol. The van der Waals surface area contributed by atoms with E-state index in [1.807, 2.05) is 11.8 Å². The zero-order valence-corrected chi connectivity index (χ0v) is 9.70. The third kappa shape index (κ3) is 5.86. The normalized spacial score (nSPS) is 25.3. The van der Waals surface area contributed by atoms with E-state index in [4.69, 9.17) is 4.74 Å². The van der Waals surface area contributed by atoms with Crippen LogP contribution in [0.4, 0.5) is 0 Å². The molecule has 0 atom stereocenters. The van der Waals surface area contributed by atoms with E-state index < -0.39 is 0 Å². The first-order chi connectivity index (χ1) is 6.79. The van der Waals surface area contributed by atoms with Gasteiger partial charge in [-0.25, -0.2) is 0 Å². The highest BCUT2D eigenvalue weighted by Crippen LogP contribution is 1.96. The Bertz CT molecular complexity index is 118. The van der Waals surface area contributed by atoms with Gasteiger partial charge < -0.3 is 14.5 Å². The first-order valence-electron chi connectivity index (χ1n) is 5.28. The van der Waals surface area contributed by atoms with Gasteiger partial charge in [0.2, 0.25) is 0 Å². The lowest BCUT2D eigenvalue weighted by Crippen LogP contribution is -3.09. The molecule has 2 aliphatic heterocycles. The van der Waals surface area contributed by atoms with Crippen LogP contribution in [0.1, 0.15) is 0 Å². The van der Waals surface area contributed by atoms with Crippen LogP contribution in [-0.4, -0.2) is 50.9 Å². The second kappa shape index (κ2) is 7.51. The SMILES string of the molecule is [CH2-][NH+]1CCOCC1.[CH2-][NH+]1CCSCC1. The Balaban J connectivity index is 0.000000140. The van der Waals surface area contributed by atoms with E-state index in [-0.39, 0.29) is 0 Å². The molecule has 0 aromatic heterocycles. The Labute approximate surface area is 91.8 Å². The van der Waals surface area contributed by atoms with E-state index in [9.17, 15) is 0 Å². The van der Waals surface area contributed by atoms with Crippen molar-refractivity contribution in [1.82, 2.24) is 0 Å². The second-order valence-corrected chi connectivity index (χ2v) is 4.95. The molecular weight excluding hydrogens is 196 g/mol. The van der Waals surface area contributed by atoms with Crippen molar-refractivity contribution in [3.8, 4) is 0 Å². The molecule has 3 nitrogen and oxygen atoms in total. The molecule has 2 N–H and O–H groups in total. The topological polar surface area (TPSA) is 18.1 Å². The van der Waals surface area contributed by atoms with Crippen molar-refractivity contribution in [2.75, 3.05) is 50.9 Å². The van der Waals surface area contributed by atoms with Gasteiger partial charge in [-0.3, -0.25) is 0 Å². The predicted molar refractivity (Wildman–Crippen MR) is 60.3 cm³/mol. The Morgan fingerprint density at radius 1 is 0.857 bits per heavy atom. The molecule has 0 aromatic carbocycles. The average molecular weight is 218 g/mol. The lowest BCUT2D eigenvalue weighted by molar-refractivity contribution is -0.862. The molecular formula is C10H22N2OS. The molecule has 2 heterocycles. The molecule has 4 heteroatoms. The number of morpholine rings is 1. The molecule has 14 heavy (non-hydrogen) atoms.